The first-order valence-corrected chi connectivity index (χ1v) is 5.76. The molecule has 0 saturated heterocycles. The zero-order valence-electron chi connectivity index (χ0n) is 9.36. The Morgan fingerprint density at radius 3 is 2.28 bits per heavy atom. The Morgan fingerprint density at radius 2 is 1.67 bits per heavy atom. The monoisotopic (exact) mass is 303 g/mol. The molecular formula is C12H12Cl3N3. The molecule has 0 aliphatic rings. The molecule has 4 N–H and O–H groups in total. The van der Waals surface area contributed by atoms with E-state index in [0.29, 0.717) is 28.1 Å². The van der Waals surface area contributed by atoms with Crippen LogP contribution in [0.15, 0.2) is 30.3 Å². The topological polar surface area (TPSA) is 64.9 Å². The average molecular weight is 305 g/mol. The molecule has 0 amide bonds. The summed E-state index contributed by atoms with van der Waals surface area (Å²) in [6, 6.07) is 8.95. The number of nitrogens with two attached hydrogens (primary N) is 2. The van der Waals surface area contributed by atoms with Crippen LogP contribution in [0.1, 0.15) is 11.1 Å². The molecule has 0 saturated carbocycles. The third-order valence-electron chi connectivity index (χ3n) is 2.43. The highest BCUT2D eigenvalue weighted by atomic mass is 35.5. The normalized spacial score (nSPS) is 9.89. The minimum Gasteiger partial charge on any atom is -0.384 e. The lowest BCUT2D eigenvalue weighted by Gasteiger charge is -2.07. The van der Waals surface area contributed by atoms with Crippen LogP contribution in [0, 0.1) is 0 Å². The Hall–Kier alpha value is -1.16. The zero-order valence-corrected chi connectivity index (χ0v) is 11.7. The molecule has 1 heterocycles. The number of nitrogens with zero attached hydrogens (tertiary/aromatic N) is 1. The van der Waals surface area contributed by atoms with E-state index in [1.54, 1.807) is 18.2 Å². The van der Waals surface area contributed by atoms with Gasteiger partial charge in [0.05, 0.1) is 0 Å². The molecule has 1 aromatic heterocycles. The molecular weight excluding hydrogens is 293 g/mol. The third kappa shape index (κ3) is 3.42. The van der Waals surface area contributed by atoms with Gasteiger partial charge in [0.2, 0.25) is 0 Å². The smallest absolute Gasteiger partial charge is 0.129 e. The molecule has 0 unspecified atom stereocenters. The predicted molar refractivity (Wildman–Crippen MR) is 79.6 cm³/mol. The maximum absolute atomic E-state index is 6.09. The van der Waals surface area contributed by atoms with E-state index in [4.69, 9.17) is 34.7 Å². The Kier molecular flexibility index (Phi) is 5.08. The summed E-state index contributed by atoms with van der Waals surface area (Å²) in [7, 11) is 0. The molecule has 3 nitrogen and oxygen atoms in total. The minimum atomic E-state index is 0. The van der Waals surface area contributed by atoms with E-state index in [1.165, 1.54) is 0 Å². The van der Waals surface area contributed by atoms with Gasteiger partial charge in [0, 0.05) is 16.5 Å². The van der Waals surface area contributed by atoms with Crippen molar-refractivity contribution in [1.82, 2.24) is 4.98 Å². The molecule has 2 aromatic rings. The minimum absolute atomic E-state index is 0. The van der Waals surface area contributed by atoms with Crippen molar-refractivity contribution < 1.29 is 0 Å². The summed E-state index contributed by atoms with van der Waals surface area (Å²) in [5, 5.41) is 1.23. The van der Waals surface area contributed by atoms with Crippen LogP contribution in [-0.2, 0) is 6.42 Å². The van der Waals surface area contributed by atoms with Gasteiger partial charge in [-0.3, -0.25) is 0 Å². The molecule has 0 bridgehead atoms. The highest BCUT2D eigenvalue weighted by Crippen LogP contribution is 2.25. The first-order chi connectivity index (χ1) is 8.06. The molecule has 2 rings (SSSR count). The first-order valence-electron chi connectivity index (χ1n) is 5.01. The van der Waals surface area contributed by atoms with Crippen molar-refractivity contribution >= 4 is 47.2 Å². The molecule has 0 atom stereocenters. The number of pyridine rings is 1. The van der Waals surface area contributed by atoms with Gasteiger partial charge < -0.3 is 11.5 Å². The van der Waals surface area contributed by atoms with Crippen LogP contribution in [0.25, 0.3) is 0 Å². The molecule has 96 valence electrons. The van der Waals surface area contributed by atoms with E-state index >= 15 is 0 Å². The summed E-state index contributed by atoms with van der Waals surface area (Å²) in [6.45, 7) is 0. The molecule has 0 aliphatic heterocycles. The van der Waals surface area contributed by atoms with Gasteiger partial charge in [-0.25, -0.2) is 4.98 Å². The fourth-order valence-corrected chi connectivity index (χ4v) is 2.01. The molecule has 0 spiro atoms. The van der Waals surface area contributed by atoms with Crippen LogP contribution in [0.5, 0.6) is 0 Å². The van der Waals surface area contributed by atoms with E-state index < -0.39 is 0 Å². The van der Waals surface area contributed by atoms with E-state index in [2.05, 4.69) is 4.98 Å². The summed E-state index contributed by atoms with van der Waals surface area (Å²) in [6.07, 6.45) is 0.606. The number of hydrogen-bond acceptors (Lipinski definition) is 3. The van der Waals surface area contributed by atoms with Crippen LogP contribution >= 0.6 is 35.6 Å². The van der Waals surface area contributed by atoms with Crippen molar-refractivity contribution in [1.29, 1.82) is 0 Å². The summed E-state index contributed by atoms with van der Waals surface area (Å²) in [4.78, 5) is 4.00. The van der Waals surface area contributed by atoms with Crippen molar-refractivity contribution in [2.75, 3.05) is 11.5 Å². The van der Waals surface area contributed by atoms with Gasteiger partial charge in [0.25, 0.3) is 0 Å². The standard InChI is InChI=1S/C12H11Cl2N3.ClH/c13-9-3-1-7(10(14)6-9)5-8-2-4-11(15)17-12(8)16;/h1-4,6H,5H2,(H4,15,16,17);1H. The van der Waals surface area contributed by atoms with Gasteiger partial charge in [-0.15, -0.1) is 12.4 Å². The summed E-state index contributed by atoms with van der Waals surface area (Å²) < 4.78 is 0. The predicted octanol–water partition coefficient (Wildman–Crippen LogP) is 3.57. The zero-order chi connectivity index (χ0) is 12.4. The number of hydrogen-bond donors (Lipinski definition) is 2. The van der Waals surface area contributed by atoms with Gasteiger partial charge in [0.1, 0.15) is 11.6 Å². The lowest BCUT2D eigenvalue weighted by atomic mass is 10.1. The summed E-state index contributed by atoms with van der Waals surface area (Å²) in [5.41, 5.74) is 13.2. The highest BCUT2D eigenvalue weighted by molar-refractivity contribution is 6.35. The molecule has 0 radical (unpaired) electrons. The summed E-state index contributed by atoms with van der Waals surface area (Å²) in [5.74, 6) is 0.837. The van der Waals surface area contributed by atoms with Crippen molar-refractivity contribution in [2.24, 2.45) is 0 Å². The maximum atomic E-state index is 6.09. The first kappa shape index (κ1) is 14.9. The largest absolute Gasteiger partial charge is 0.384 e. The van der Waals surface area contributed by atoms with Crippen molar-refractivity contribution in [3.63, 3.8) is 0 Å². The quantitative estimate of drug-likeness (QED) is 0.891. The van der Waals surface area contributed by atoms with Crippen LogP contribution in [0.3, 0.4) is 0 Å². The maximum Gasteiger partial charge on any atom is 0.129 e. The van der Waals surface area contributed by atoms with Crippen molar-refractivity contribution in [3.05, 3.63) is 51.5 Å². The summed E-state index contributed by atoms with van der Waals surface area (Å²) >= 11 is 11.9. The number of halogens is 3. The Morgan fingerprint density at radius 1 is 1.00 bits per heavy atom. The Labute approximate surface area is 122 Å². The Balaban J connectivity index is 0.00000162. The second-order valence-corrected chi connectivity index (χ2v) is 4.54. The third-order valence-corrected chi connectivity index (χ3v) is 3.02. The molecule has 6 heteroatoms. The van der Waals surface area contributed by atoms with Gasteiger partial charge >= 0.3 is 0 Å². The molecule has 0 aliphatic carbocycles. The van der Waals surface area contributed by atoms with Crippen molar-refractivity contribution in [2.45, 2.75) is 6.42 Å². The molecule has 18 heavy (non-hydrogen) atoms. The van der Waals surface area contributed by atoms with Gasteiger partial charge in [-0.05, 0) is 29.3 Å². The van der Waals surface area contributed by atoms with Crippen LogP contribution < -0.4 is 11.5 Å². The van der Waals surface area contributed by atoms with E-state index in [0.717, 1.165) is 11.1 Å². The Bertz CT molecular complexity index is 509. The lowest BCUT2D eigenvalue weighted by molar-refractivity contribution is 1.16. The number of benzene rings is 1. The number of rotatable bonds is 2. The lowest BCUT2D eigenvalue weighted by Crippen LogP contribution is -2.01. The van der Waals surface area contributed by atoms with Crippen LogP contribution in [0.2, 0.25) is 10.0 Å². The van der Waals surface area contributed by atoms with Gasteiger partial charge in [-0.2, -0.15) is 0 Å². The number of nitrogen functional groups attached to an aromatic ring is 2. The fraction of sp³-hybridized carbons (Fsp3) is 0.0833. The van der Waals surface area contributed by atoms with E-state index in [1.807, 2.05) is 12.1 Å². The van der Waals surface area contributed by atoms with E-state index in [9.17, 15) is 0 Å². The SMILES string of the molecule is Cl.Nc1ccc(Cc2ccc(Cl)cc2Cl)c(N)n1. The van der Waals surface area contributed by atoms with E-state index in [-0.39, 0.29) is 12.4 Å². The number of aromatic nitrogens is 1. The van der Waals surface area contributed by atoms with Crippen molar-refractivity contribution in [3.8, 4) is 0 Å². The van der Waals surface area contributed by atoms with Gasteiger partial charge in [-0.1, -0.05) is 35.3 Å². The average Bonchev–Trinajstić information content (AvgIpc) is 2.25. The van der Waals surface area contributed by atoms with Gasteiger partial charge in [0.15, 0.2) is 0 Å². The highest BCUT2D eigenvalue weighted by Gasteiger charge is 2.06. The van der Waals surface area contributed by atoms with Crippen LogP contribution in [-0.4, -0.2) is 4.98 Å². The molecule has 0 fully saturated rings. The second kappa shape index (κ2) is 6.14. The molecule has 1 aromatic carbocycles. The number of anilines is 2. The van der Waals surface area contributed by atoms with Crippen LogP contribution in [0.4, 0.5) is 11.6 Å². The fourth-order valence-electron chi connectivity index (χ4n) is 1.54. The second-order valence-electron chi connectivity index (χ2n) is 3.69.